The van der Waals surface area contributed by atoms with Gasteiger partial charge in [-0.15, -0.1) is 11.8 Å². The second kappa shape index (κ2) is 6.99. The van der Waals surface area contributed by atoms with E-state index in [2.05, 4.69) is 22.6 Å². The monoisotopic (exact) mass is 276 g/mol. The number of hydrogen-bond donors (Lipinski definition) is 1. The van der Waals surface area contributed by atoms with Crippen molar-refractivity contribution in [2.75, 3.05) is 5.75 Å². The summed E-state index contributed by atoms with van der Waals surface area (Å²) in [5.74, 6) is 2.08. The third-order valence-corrected chi connectivity index (χ3v) is 3.67. The van der Waals surface area contributed by atoms with Gasteiger partial charge in [0.25, 0.3) is 0 Å². The van der Waals surface area contributed by atoms with E-state index in [9.17, 15) is 4.79 Å². The van der Waals surface area contributed by atoms with Crippen LogP contribution in [-0.2, 0) is 17.1 Å². The Morgan fingerprint density at radius 3 is 2.84 bits per heavy atom. The highest BCUT2D eigenvalue weighted by atomic mass is 32.2. The van der Waals surface area contributed by atoms with Crippen molar-refractivity contribution in [1.29, 1.82) is 0 Å². The zero-order valence-corrected chi connectivity index (χ0v) is 11.6. The Kier molecular flexibility index (Phi) is 5.03. The van der Waals surface area contributed by atoms with Crippen molar-refractivity contribution in [2.45, 2.75) is 19.2 Å². The van der Waals surface area contributed by atoms with Gasteiger partial charge in [-0.05, 0) is 12.5 Å². The first kappa shape index (κ1) is 13.7. The lowest BCUT2D eigenvalue weighted by molar-refractivity contribution is -0.118. The van der Waals surface area contributed by atoms with Crippen LogP contribution in [0.15, 0.2) is 41.1 Å². The molecule has 1 heterocycles. The molecule has 0 fully saturated rings. The Morgan fingerprint density at radius 1 is 1.37 bits per heavy atom. The summed E-state index contributed by atoms with van der Waals surface area (Å²) in [7, 11) is 0. The number of hydrogen-bond acceptors (Lipinski definition) is 4. The fourth-order valence-corrected chi connectivity index (χ4v) is 2.39. The second-order valence-corrected chi connectivity index (χ2v) is 5.15. The van der Waals surface area contributed by atoms with E-state index in [1.54, 1.807) is 18.0 Å². The molecule has 0 aliphatic heterocycles. The Hall–Kier alpha value is -1.75. The molecular weight excluding hydrogens is 260 g/mol. The molecule has 4 nitrogen and oxygen atoms in total. The van der Waals surface area contributed by atoms with Crippen molar-refractivity contribution in [3.8, 4) is 0 Å². The normalized spacial score (nSPS) is 10.4. The van der Waals surface area contributed by atoms with Crippen LogP contribution in [0, 0.1) is 6.92 Å². The van der Waals surface area contributed by atoms with E-state index in [1.165, 1.54) is 5.56 Å². The van der Waals surface area contributed by atoms with Gasteiger partial charge in [-0.1, -0.05) is 35.5 Å². The van der Waals surface area contributed by atoms with Gasteiger partial charge in [-0.2, -0.15) is 0 Å². The summed E-state index contributed by atoms with van der Waals surface area (Å²) in [4.78, 5) is 11.7. The minimum absolute atomic E-state index is 0.0292. The number of aryl methyl sites for hydroxylation is 1. The molecule has 100 valence electrons. The van der Waals surface area contributed by atoms with Crippen LogP contribution < -0.4 is 5.32 Å². The maximum atomic E-state index is 11.7. The second-order valence-electron chi connectivity index (χ2n) is 4.16. The molecule has 0 saturated heterocycles. The zero-order valence-electron chi connectivity index (χ0n) is 10.8. The molecule has 0 saturated carbocycles. The molecule has 0 aliphatic rings. The molecule has 0 bridgehead atoms. The maximum Gasteiger partial charge on any atom is 0.230 e. The highest BCUT2D eigenvalue weighted by Crippen LogP contribution is 2.11. The highest BCUT2D eigenvalue weighted by Gasteiger charge is 2.06. The molecule has 1 aromatic carbocycles. The molecule has 0 aliphatic carbocycles. The SMILES string of the molecule is Cc1oncc1CNC(=O)CSCc1ccccc1. The summed E-state index contributed by atoms with van der Waals surface area (Å²) in [5, 5.41) is 6.52. The Labute approximate surface area is 116 Å². The van der Waals surface area contributed by atoms with Crippen molar-refractivity contribution in [2.24, 2.45) is 0 Å². The van der Waals surface area contributed by atoms with Crippen LogP contribution in [0.4, 0.5) is 0 Å². The maximum absolute atomic E-state index is 11.7. The number of nitrogens with one attached hydrogen (secondary N) is 1. The summed E-state index contributed by atoms with van der Waals surface area (Å²) in [6.45, 7) is 2.30. The van der Waals surface area contributed by atoms with Crippen LogP contribution >= 0.6 is 11.8 Å². The predicted molar refractivity (Wildman–Crippen MR) is 75.7 cm³/mol. The summed E-state index contributed by atoms with van der Waals surface area (Å²) < 4.78 is 4.93. The number of amides is 1. The van der Waals surface area contributed by atoms with Gasteiger partial charge in [0, 0.05) is 17.9 Å². The van der Waals surface area contributed by atoms with Crippen molar-refractivity contribution in [3.63, 3.8) is 0 Å². The first-order valence-corrected chi connectivity index (χ1v) is 7.19. The summed E-state index contributed by atoms with van der Waals surface area (Å²) in [6.07, 6.45) is 1.63. The van der Waals surface area contributed by atoms with Crippen molar-refractivity contribution >= 4 is 17.7 Å². The van der Waals surface area contributed by atoms with Crippen LogP contribution in [-0.4, -0.2) is 16.8 Å². The molecule has 19 heavy (non-hydrogen) atoms. The fourth-order valence-electron chi connectivity index (χ4n) is 1.57. The van der Waals surface area contributed by atoms with E-state index in [0.717, 1.165) is 17.1 Å². The molecule has 0 unspecified atom stereocenters. The third-order valence-electron chi connectivity index (χ3n) is 2.67. The van der Waals surface area contributed by atoms with Crippen molar-refractivity contribution in [1.82, 2.24) is 10.5 Å². The Balaban J connectivity index is 1.66. The molecule has 1 amide bonds. The third kappa shape index (κ3) is 4.44. The van der Waals surface area contributed by atoms with E-state index < -0.39 is 0 Å². The molecule has 0 radical (unpaired) electrons. The lowest BCUT2D eigenvalue weighted by atomic mass is 10.2. The van der Waals surface area contributed by atoms with Crippen LogP contribution in [0.5, 0.6) is 0 Å². The van der Waals surface area contributed by atoms with E-state index in [-0.39, 0.29) is 5.91 Å². The number of benzene rings is 1. The van der Waals surface area contributed by atoms with E-state index >= 15 is 0 Å². The smallest absolute Gasteiger partial charge is 0.230 e. The topological polar surface area (TPSA) is 55.1 Å². The van der Waals surface area contributed by atoms with Gasteiger partial charge < -0.3 is 9.84 Å². The Morgan fingerprint density at radius 2 is 2.16 bits per heavy atom. The van der Waals surface area contributed by atoms with Gasteiger partial charge in [0.05, 0.1) is 11.9 Å². The van der Waals surface area contributed by atoms with E-state index in [4.69, 9.17) is 4.52 Å². The fraction of sp³-hybridized carbons (Fsp3) is 0.286. The van der Waals surface area contributed by atoms with E-state index in [0.29, 0.717) is 12.3 Å². The molecular formula is C14H16N2O2S. The minimum Gasteiger partial charge on any atom is -0.361 e. The van der Waals surface area contributed by atoms with Gasteiger partial charge >= 0.3 is 0 Å². The number of nitrogens with zero attached hydrogens (tertiary/aromatic N) is 1. The number of carbonyl (C=O) groups is 1. The first-order valence-electron chi connectivity index (χ1n) is 6.04. The van der Waals surface area contributed by atoms with Crippen LogP contribution in [0.1, 0.15) is 16.9 Å². The Bertz CT molecular complexity index is 525. The molecule has 2 aromatic rings. The standard InChI is InChI=1S/C14H16N2O2S/c1-11-13(8-16-18-11)7-15-14(17)10-19-9-12-5-3-2-4-6-12/h2-6,8H,7,9-10H2,1H3,(H,15,17). The van der Waals surface area contributed by atoms with E-state index in [1.807, 2.05) is 25.1 Å². The summed E-state index contributed by atoms with van der Waals surface area (Å²) in [5.41, 5.74) is 2.15. The van der Waals surface area contributed by atoms with Gasteiger partial charge in [0.15, 0.2) is 0 Å². The molecule has 1 N–H and O–H groups in total. The summed E-state index contributed by atoms with van der Waals surface area (Å²) in [6, 6.07) is 10.1. The zero-order chi connectivity index (χ0) is 13.5. The quantitative estimate of drug-likeness (QED) is 0.881. The van der Waals surface area contributed by atoms with Crippen LogP contribution in [0.3, 0.4) is 0 Å². The molecule has 5 heteroatoms. The van der Waals surface area contributed by atoms with Crippen LogP contribution in [0.25, 0.3) is 0 Å². The highest BCUT2D eigenvalue weighted by molar-refractivity contribution is 7.99. The molecule has 0 atom stereocenters. The largest absolute Gasteiger partial charge is 0.361 e. The predicted octanol–water partition coefficient (Wildman–Crippen LogP) is 2.53. The van der Waals surface area contributed by atoms with Gasteiger partial charge in [-0.25, -0.2) is 0 Å². The average molecular weight is 276 g/mol. The van der Waals surface area contributed by atoms with Crippen molar-refractivity contribution < 1.29 is 9.32 Å². The number of rotatable bonds is 6. The molecule has 2 rings (SSSR count). The lowest BCUT2D eigenvalue weighted by Gasteiger charge is -2.04. The number of thioether (sulfide) groups is 1. The first-order chi connectivity index (χ1) is 9.25. The molecule has 1 aromatic heterocycles. The van der Waals surface area contributed by atoms with Gasteiger partial charge in [0.2, 0.25) is 5.91 Å². The lowest BCUT2D eigenvalue weighted by Crippen LogP contribution is -2.24. The average Bonchev–Trinajstić information content (AvgIpc) is 2.83. The van der Waals surface area contributed by atoms with Crippen LogP contribution in [0.2, 0.25) is 0 Å². The van der Waals surface area contributed by atoms with Gasteiger partial charge in [-0.3, -0.25) is 4.79 Å². The molecule has 0 spiro atoms. The summed E-state index contributed by atoms with van der Waals surface area (Å²) >= 11 is 1.60. The van der Waals surface area contributed by atoms with Crippen molar-refractivity contribution in [3.05, 3.63) is 53.4 Å². The number of carbonyl (C=O) groups excluding carboxylic acids is 1. The number of aromatic nitrogens is 1. The van der Waals surface area contributed by atoms with Gasteiger partial charge in [0.1, 0.15) is 5.76 Å². The minimum atomic E-state index is 0.0292.